The van der Waals surface area contributed by atoms with Gasteiger partial charge in [0.2, 0.25) is 5.91 Å². The summed E-state index contributed by atoms with van der Waals surface area (Å²) in [5, 5.41) is 8.69. The highest BCUT2D eigenvalue weighted by molar-refractivity contribution is 5.96. The number of carboxylic acids is 1. The summed E-state index contributed by atoms with van der Waals surface area (Å²) in [7, 11) is 4.60. The monoisotopic (exact) mass is 254 g/mol. The van der Waals surface area contributed by atoms with Gasteiger partial charge in [0, 0.05) is 27.2 Å². The SMILES string of the molecule is CN(C)C(=O)CN(C)C(=O)c1cc(C(=O)O)co1. The predicted molar refractivity (Wildman–Crippen MR) is 61.3 cm³/mol. The number of nitrogens with zero attached hydrogens (tertiary/aromatic N) is 2. The Morgan fingerprint density at radius 3 is 2.33 bits per heavy atom. The van der Waals surface area contributed by atoms with Gasteiger partial charge < -0.3 is 19.3 Å². The molecule has 1 aromatic heterocycles. The number of amides is 2. The highest BCUT2D eigenvalue weighted by Gasteiger charge is 2.20. The maximum absolute atomic E-state index is 11.8. The van der Waals surface area contributed by atoms with Crippen LogP contribution in [-0.2, 0) is 4.79 Å². The van der Waals surface area contributed by atoms with Gasteiger partial charge in [-0.1, -0.05) is 0 Å². The summed E-state index contributed by atoms with van der Waals surface area (Å²) in [4.78, 5) is 36.4. The van der Waals surface area contributed by atoms with Gasteiger partial charge in [0.15, 0.2) is 5.76 Å². The molecular weight excluding hydrogens is 240 g/mol. The van der Waals surface area contributed by atoms with E-state index in [2.05, 4.69) is 0 Å². The molecular formula is C11H14N2O5. The Labute approximate surface area is 104 Å². The lowest BCUT2D eigenvalue weighted by molar-refractivity contribution is -0.129. The minimum atomic E-state index is -1.18. The van der Waals surface area contributed by atoms with Crippen molar-refractivity contribution in [2.24, 2.45) is 0 Å². The zero-order valence-electron chi connectivity index (χ0n) is 10.3. The third-order valence-corrected chi connectivity index (χ3v) is 2.28. The molecule has 18 heavy (non-hydrogen) atoms. The number of carboxylic acid groups (broad SMARTS) is 1. The molecule has 98 valence electrons. The van der Waals surface area contributed by atoms with Crippen LogP contribution in [0.25, 0.3) is 0 Å². The summed E-state index contributed by atoms with van der Waals surface area (Å²) < 4.78 is 4.85. The molecule has 0 unspecified atom stereocenters. The van der Waals surface area contributed by atoms with Crippen LogP contribution in [0.4, 0.5) is 0 Å². The molecule has 0 saturated carbocycles. The standard InChI is InChI=1S/C11H14N2O5/c1-12(2)9(14)5-13(3)10(15)8-4-7(6-18-8)11(16)17/h4,6H,5H2,1-3H3,(H,16,17). The molecule has 0 aliphatic carbocycles. The number of carbonyl (C=O) groups excluding carboxylic acids is 2. The lowest BCUT2D eigenvalue weighted by Gasteiger charge is -2.17. The molecule has 1 N–H and O–H groups in total. The molecule has 1 heterocycles. The first-order valence-corrected chi connectivity index (χ1v) is 5.10. The first-order chi connectivity index (χ1) is 8.32. The van der Waals surface area contributed by atoms with E-state index in [-0.39, 0.29) is 23.8 Å². The number of carbonyl (C=O) groups is 3. The van der Waals surface area contributed by atoms with E-state index in [1.807, 2.05) is 0 Å². The van der Waals surface area contributed by atoms with Crippen LogP contribution >= 0.6 is 0 Å². The summed E-state index contributed by atoms with van der Waals surface area (Å²) in [6.07, 6.45) is 0.983. The highest BCUT2D eigenvalue weighted by Crippen LogP contribution is 2.10. The molecule has 0 atom stereocenters. The van der Waals surface area contributed by atoms with E-state index in [1.165, 1.54) is 11.9 Å². The summed E-state index contributed by atoms with van der Waals surface area (Å²) in [6.45, 7) is -0.102. The average molecular weight is 254 g/mol. The summed E-state index contributed by atoms with van der Waals surface area (Å²) >= 11 is 0. The third-order valence-electron chi connectivity index (χ3n) is 2.28. The van der Waals surface area contributed by atoms with E-state index < -0.39 is 11.9 Å². The molecule has 0 aliphatic rings. The molecule has 0 aromatic carbocycles. The lowest BCUT2D eigenvalue weighted by atomic mass is 10.3. The van der Waals surface area contributed by atoms with E-state index >= 15 is 0 Å². The summed E-state index contributed by atoms with van der Waals surface area (Å²) in [5.41, 5.74) is -0.106. The van der Waals surface area contributed by atoms with Gasteiger partial charge in [0.25, 0.3) is 5.91 Å². The maximum atomic E-state index is 11.8. The largest absolute Gasteiger partial charge is 0.478 e. The van der Waals surface area contributed by atoms with Crippen molar-refractivity contribution >= 4 is 17.8 Å². The van der Waals surface area contributed by atoms with Crippen molar-refractivity contribution in [2.45, 2.75) is 0 Å². The van der Waals surface area contributed by atoms with E-state index in [9.17, 15) is 14.4 Å². The van der Waals surface area contributed by atoms with E-state index in [1.54, 1.807) is 14.1 Å². The van der Waals surface area contributed by atoms with E-state index in [0.717, 1.165) is 17.2 Å². The Kier molecular flexibility index (Phi) is 4.09. The van der Waals surface area contributed by atoms with Gasteiger partial charge >= 0.3 is 5.97 Å². The molecule has 1 aromatic rings. The minimum absolute atomic E-state index is 0.102. The molecule has 0 aliphatic heterocycles. The van der Waals surface area contributed by atoms with Gasteiger partial charge in [-0.25, -0.2) is 4.79 Å². The number of hydrogen-bond acceptors (Lipinski definition) is 4. The Balaban J connectivity index is 2.74. The van der Waals surface area contributed by atoms with Gasteiger partial charge in [0.05, 0.1) is 12.1 Å². The van der Waals surface area contributed by atoms with Gasteiger partial charge in [-0.2, -0.15) is 0 Å². The Hall–Kier alpha value is -2.31. The zero-order chi connectivity index (χ0) is 13.9. The van der Waals surface area contributed by atoms with Gasteiger partial charge in [0.1, 0.15) is 6.26 Å². The number of aromatic carboxylic acids is 1. The first kappa shape index (κ1) is 13.8. The second-order valence-electron chi connectivity index (χ2n) is 3.95. The van der Waals surface area contributed by atoms with Crippen LogP contribution in [0.2, 0.25) is 0 Å². The molecule has 0 bridgehead atoms. The normalized spacial score (nSPS) is 9.94. The number of rotatable bonds is 4. The fourth-order valence-corrected chi connectivity index (χ4v) is 1.16. The molecule has 0 fully saturated rings. The Morgan fingerprint density at radius 2 is 1.89 bits per heavy atom. The van der Waals surface area contributed by atoms with Crippen molar-refractivity contribution in [2.75, 3.05) is 27.7 Å². The smallest absolute Gasteiger partial charge is 0.338 e. The number of likely N-dealkylation sites (N-methyl/N-ethyl adjacent to an activating group) is 2. The molecule has 7 nitrogen and oxygen atoms in total. The number of furan rings is 1. The van der Waals surface area contributed by atoms with Crippen LogP contribution in [0.15, 0.2) is 16.7 Å². The Bertz CT molecular complexity index is 478. The van der Waals surface area contributed by atoms with Crippen LogP contribution in [0.5, 0.6) is 0 Å². The number of hydrogen-bond donors (Lipinski definition) is 1. The van der Waals surface area contributed by atoms with Crippen molar-refractivity contribution in [3.05, 3.63) is 23.7 Å². The fraction of sp³-hybridized carbons (Fsp3) is 0.364. The van der Waals surface area contributed by atoms with Gasteiger partial charge in [-0.15, -0.1) is 0 Å². The lowest BCUT2D eigenvalue weighted by Crippen LogP contribution is -2.37. The molecule has 2 amide bonds. The zero-order valence-corrected chi connectivity index (χ0v) is 10.3. The average Bonchev–Trinajstić information content (AvgIpc) is 2.76. The van der Waals surface area contributed by atoms with Crippen molar-refractivity contribution in [3.63, 3.8) is 0 Å². The predicted octanol–water partition coefficient (Wildman–Crippen LogP) is 0.138. The Morgan fingerprint density at radius 1 is 1.28 bits per heavy atom. The van der Waals surface area contributed by atoms with Crippen LogP contribution in [0.1, 0.15) is 20.9 Å². The van der Waals surface area contributed by atoms with Crippen molar-refractivity contribution in [3.8, 4) is 0 Å². The second kappa shape index (κ2) is 5.35. The first-order valence-electron chi connectivity index (χ1n) is 5.10. The minimum Gasteiger partial charge on any atom is -0.478 e. The van der Waals surface area contributed by atoms with Crippen LogP contribution in [0, 0.1) is 0 Å². The van der Waals surface area contributed by atoms with Crippen LogP contribution < -0.4 is 0 Å². The molecule has 0 saturated heterocycles. The van der Waals surface area contributed by atoms with Gasteiger partial charge in [-0.3, -0.25) is 9.59 Å². The molecule has 7 heteroatoms. The van der Waals surface area contributed by atoms with Crippen molar-refractivity contribution in [1.29, 1.82) is 0 Å². The summed E-state index contributed by atoms with van der Waals surface area (Å²) in [6, 6.07) is 1.13. The van der Waals surface area contributed by atoms with Crippen molar-refractivity contribution in [1.82, 2.24) is 9.80 Å². The van der Waals surface area contributed by atoms with Crippen LogP contribution in [0.3, 0.4) is 0 Å². The summed E-state index contributed by atoms with van der Waals surface area (Å²) in [5.74, 6) is -2.07. The molecule has 1 rings (SSSR count). The van der Waals surface area contributed by atoms with Crippen molar-refractivity contribution < 1.29 is 23.9 Å². The molecule has 0 spiro atoms. The second-order valence-corrected chi connectivity index (χ2v) is 3.95. The van der Waals surface area contributed by atoms with Crippen LogP contribution in [-0.4, -0.2) is 60.4 Å². The topological polar surface area (TPSA) is 91.1 Å². The van der Waals surface area contributed by atoms with E-state index in [4.69, 9.17) is 9.52 Å². The quantitative estimate of drug-likeness (QED) is 0.825. The highest BCUT2D eigenvalue weighted by atomic mass is 16.4. The molecule has 0 radical (unpaired) electrons. The van der Waals surface area contributed by atoms with E-state index in [0.29, 0.717) is 0 Å². The third kappa shape index (κ3) is 3.09. The fourth-order valence-electron chi connectivity index (χ4n) is 1.16. The van der Waals surface area contributed by atoms with Gasteiger partial charge in [-0.05, 0) is 0 Å². The maximum Gasteiger partial charge on any atom is 0.338 e.